The fourth-order valence-corrected chi connectivity index (χ4v) is 7.09. The van der Waals surface area contributed by atoms with Crippen LogP contribution in [-0.4, -0.2) is 65.0 Å². The molecule has 0 saturated carbocycles. The molecule has 0 amide bonds. The van der Waals surface area contributed by atoms with E-state index in [9.17, 15) is 22.0 Å². The van der Waals surface area contributed by atoms with E-state index in [4.69, 9.17) is 23.1 Å². The molecule has 5 aromatic carbocycles. The van der Waals surface area contributed by atoms with E-state index >= 15 is 0 Å². The highest BCUT2D eigenvalue weighted by molar-refractivity contribution is 9.11. The number of halogens is 9. The Labute approximate surface area is 423 Å². The minimum Gasteiger partial charge on any atom is -0.481 e. The molecule has 7 aromatic rings. The van der Waals surface area contributed by atoms with Gasteiger partial charge in [0.1, 0.15) is 34.9 Å². The van der Waals surface area contributed by atoms with E-state index in [1.807, 2.05) is 32.0 Å². The fourth-order valence-electron chi connectivity index (χ4n) is 5.58. The molecule has 2 aromatic heterocycles. The Morgan fingerprint density at radius 2 is 1.07 bits per heavy atom. The summed E-state index contributed by atoms with van der Waals surface area (Å²) in [4.78, 5) is 22.2. The molecule has 20 heteroatoms. The predicted octanol–water partition coefficient (Wildman–Crippen LogP) is 12.9. The average molecular weight is 1190 g/mol. The summed E-state index contributed by atoms with van der Waals surface area (Å²) in [6, 6.07) is 26.1. The van der Waals surface area contributed by atoms with Gasteiger partial charge in [0.25, 0.3) is 0 Å². The van der Waals surface area contributed by atoms with Crippen molar-refractivity contribution in [3.05, 3.63) is 196 Å². The normalized spacial score (nSPS) is 11.4. The first kappa shape index (κ1) is 54.6. The number of hydrogen-bond donors (Lipinski definition) is 4. The van der Waals surface area contributed by atoms with Crippen molar-refractivity contribution in [1.82, 2.24) is 25.3 Å². The molecule has 0 bridgehead atoms. The van der Waals surface area contributed by atoms with Crippen LogP contribution in [0.2, 0.25) is 0 Å². The number of piperazine rings is 1. The molecule has 68 heavy (non-hydrogen) atoms. The monoisotopic (exact) mass is 1180 g/mol. The zero-order valence-corrected chi connectivity index (χ0v) is 42.7. The van der Waals surface area contributed by atoms with Crippen LogP contribution in [0, 0.1) is 60.3 Å². The Balaban J connectivity index is 0.000000190. The highest BCUT2D eigenvalue weighted by atomic mass is 79.9. The number of ether oxygens (including phenoxy) is 1. The van der Waals surface area contributed by atoms with Gasteiger partial charge in [0, 0.05) is 76.7 Å². The zero-order chi connectivity index (χ0) is 49.9. The molecule has 3 heterocycles. The summed E-state index contributed by atoms with van der Waals surface area (Å²) in [6.07, 6.45) is 3.42. The van der Waals surface area contributed by atoms with Gasteiger partial charge in [0.15, 0.2) is 17.3 Å². The Morgan fingerprint density at radius 1 is 0.632 bits per heavy atom. The molecule has 1 aliphatic rings. The molecule has 1 saturated heterocycles. The summed E-state index contributed by atoms with van der Waals surface area (Å²) < 4.78 is 70.9. The lowest BCUT2D eigenvalue weighted by molar-refractivity contribution is 0.401. The molecule has 1 fully saturated rings. The molecule has 1 aliphatic heterocycles. The number of hydrogen-bond acceptors (Lipinski definition) is 9. The van der Waals surface area contributed by atoms with Crippen LogP contribution in [0.25, 0.3) is 27.6 Å². The van der Waals surface area contributed by atoms with Crippen LogP contribution in [0.3, 0.4) is 0 Å². The van der Waals surface area contributed by atoms with Crippen LogP contribution in [0.4, 0.5) is 33.3 Å². The Bertz CT molecular complexity index is 2900. The van der Waals surface area contributed by atoms with Gasteiger partial charge in [-0.05, 0) is 175 Å². The Morgan fingerprint density at radius 3 is 1.53 bits per heavy atom. The van der Waals surface area contributed by atoms with Crippen LogP contribution in [0.5, 0.6) is 0 Å². The van der Waals surface area contributed by atoms with Crippen molar-refractivity contribution in [2.45, 2.75) is 13.8 Å². The fraction of sp³-hybridized carbons (Fsp3) is 0.146. The minimum absolute atomic E-state index is 0.0238. The molecule has 0 unspecified atom stereocenters. The Kier molecular flexibility index (Phi) is 21.8. The lowest BCUT2D eigenvalue weighted by Gasteiger charge is -2.30. The number of anilines is 1. The van der Waals surface area contributed by atoms with Gasteiger partial charge in [0.2, 0.25) is 5.90 Å². The average Bonchev–Trinajstić information content (AvgIpc) is 3.33. The summed E-state index contributed by atoms with van der Waals surface area (Å²) >= 11 is 12.1. The number of aryl methyl sites for hydroxylation is 2. The van der Waals surface area contributed by atoms with Crippen LogP contribution >= 0.6 is 63.7 Å². The molecule has 352 valence electrons. The molecule has 5 N–H and O–H groups in total. The molecule has 0 radical (unpaired) electrons. The summed E-state index contributed by atoms with van der Waals surface area (Å²) in [5.41, 5.74) is 10.7. The van der Waals surface area contributed by atoms with E-state index in [-0.39, 0.29) is 40.8 Å². The standard InChI is InChI=1S/C15H17FN4.C11H8BrFN2.C8H7BrFNO.C7H6BrFN2.C7H3BrFN/c1-11-4-5-18-15(19-11)12-2-3-13(16)14(10-12)20-8-6-17-7-9-20;1-7-4-5-14-11(15-7)8-2-3-10(13)9(12)6-8;1-12-8(11)5-2-3-7(10)6(9)4-5;8-5-3-4(7(10)11)1-2-6(5)9;1-10-5-2-3-7(9)6(8)4-5/h2-5,10,17H,6-9H2,1H3;2-6H,1H3;2-4,11H,1H3;1-3H,(H3,10,11);2-4H. The molecule has 8 rings (SSSR count). The Hall–Kier alpha value is -5.98. The maximum atomic E-state index is 14.0. The number of nitrogens with two attached hydrogens (primary N) is 1. The number of benzene rings is 5. The summed E-state index contributed by atoms with van der Waals surface area (Å²) in [5, 5.41) is 17.6. The quantitative estimate of drug-likeness (QED) is 0.0575. The topological polar surface area (TPSA) is 154 Å². The lowest BCUT2D eigenvalue weighted by Crippen LogP contribution is -2.43. The minimum atomic E-state index is -0.352. The van der Waals surface area contributed by atoms with Crippen LogP contribution in [0.15, 0.2) is 133 Å². The second kappa shape index (κ2) is 27.1. The highest BCUT2D eigenvalue weighted by Crippen LogP contribution is 2.27. The number of nitrogens with one attached hydrogen (secondary N) is 3. The lowest BCUT2D eigenvalue weighted by atomic mass is 10.1. The molecular weight excluding hydrogens is 1150 g/mol. The van der Waals surface area contributed by atoms with Gasteiger partial charge in [0.05, 0.1) is 32.8 Å². The van der Waals surface area contributed by atoms with E-state index in [1.165, 1.54) is 73.8 Å². The first-order valence-corrected chi connectivity index (χ1v) is 23.1. The number of amidine groups is 1. The van der Waals surface area contributed by atoms with Gasteiger partial charge in [-0.2, -0.15) is 0 Å². The summed E-state index contributed by atoms with van der Waals surface area (Å²) in [6.45, 7) is 13.8. The molecule has 11 nitrogen and oxygen atoms in total. The third kappa shape index (κ3) is 17.0. The van der Waals surface area contributed by atoms with E-state index in [0.717, 1.165) is 48.7 Å². The van der Waals surface area contributed by atoms with E-state index in [1.54, 1.807) is 30.6 Å². The predicted molar refractivity (Wildman–Crippen MR) is 271 cm³/mol. The number of rotatable bonds is 5. The number of nitrogens with zero attached hydrogens (tertiary/aromatic N) is 6. The summed E-state index contributed by atoms with van der Waals surface area (Å²) in [7, 11) is 1.40. The molecular formula is C48H41Br4F5N10O. The van der Waals surface area contributed by atoms with Crippen LogP contribution in [-0.2, 0) is 4.74 Å². The van der Waals surface area contributed by atoms with Crippen molar-refractivity contribution < 1.29 is 26.7 Å². The van der Waals surface area contributed by atoms with Crippen molar-refractivity contribution in [2.24, 2.45) is 5.73 Å². The van der Waals surface area contributed by atoms with Crippen molar-refractivity contribution in [1.29, 1.82) is 10.8 Å². The maximum absolute atomic E-state index is 14.0. The van der Waals surface area contributed by atoms with Gasteiger partial charge in [-0.25, -0.2) is 46.7 Å². The van der Waals surface area contributed by atoms with Crippen LogP contribution < -0.4 is 16.0 Å². The van der Waals surface area contributed by atoms with E-state index < -0.39 is 0 Å². The third-order valence-electron chi connectivity index (χ3n) is 9.08. The number of aromatic nitrogens is 4. The van der Waals surface area contributed by atoms with E-state index in [2.05, 4.69) is 103 Å². The second-order valence-corrected chi connectivity index (χ2v) is 17.4. The van der Waals surface area contributed by atoms with E-state index in [0.29, 0.717) is 52.0 Å². The molecule has 0 aliphatic carbocycles. The molecule has 0 spiro atoms. The smallest absolute Gasteiger partial charge is 0.212 e. The van der Waals surface area contributed by atoms with Gasteiger partial charge >= 0.3 is 0 Å². The first-order chi connectivity index (χ1) is 32.4. The van der Waals surface area contributed by atoms with Crippen LogP contribution in [0.1, 0.15) is 22.5 Å². The van der Waals surface area contributed by atoms with Gasteiger partial charge in [-0.15, -0.1) is 0 Å². The maximum Gasteiger partial charge on any atom is 0.212 e. The molecule has 0 atom stereocenters. The van der Waals surface area contributed by atoms with Crippen molar-refractivity contribution in [3.63, 3.8) is 0 Å². The number of methoxy groups -OCH3 is 1. The van der Waals surface area contributed by atoms with Gasteiger partial charge in [-0.3, -0.25) is 10.8 Å². The zero-order valence-electron chi connectivity index (χ0n) is 36.4. The van der Waals surface area contributed by atoms with Crippen molar-refractivity contribution in [2.75, 3.05) is 38.2 Å². The third-order valence-corrected chi connectivity index (χ3v) is 11.5. The number of nitrogen functional groups attached to an aromatic ring is 1. The van der Waals surface area contributed by atoms with Crippen molar-refractivity contribution >= 4 is 86.8 Å². The second-order valence-electron chi connectivity index (χ2n) is 14.0. The van der Waals surface area contributed by atoms with Crippen molar-refractivity contribution in [3.8, 4) is 22.8 Å². The first-order valence-electron chi connectivity index (χ1n) is 19.9. The SMILES string of the molecule is COC(=N)c1ccc(F)c(Br)c1.Cc1ccnc(-c2ccc(F)c(Br)c2)n1.Cc1ccnc(-c2ccc(F)c(N3CCNCC3)c2)n1.N=C(N)c1ccc(F)c(Br)c1.[C-]#[N+]c1ccc(F)c(Br)c1. The largest absolute Gasteiger partial charge is 0.481 e. The highest BCUT2D eigenvalue weighted by Gasteiger charge is 2.16. The van der Waals surface area contributed by atoms with Gasteiger partial charge in [-0.1, -0.05) is 6.07 Å². The summed E-state index contributed by atoms with van der Waals surface area (Å²) in [5.74, 6) is -0.307. The van der Waals surface area contributed by atoms with Gasteiger partial charge < -0.3 is 20.7 Å².